The van der Waals surface area contributed by atoms with Gasteiger partial charge in [0.1, 0.15) is 18.2 Å². The fourth-order valence-corrected chi connectivity index (χ4v) is 3.75. The van der Waals surface area contributed by atoms with Crippen molar-refractivity contribution < 1.29 is 18.7 Å². The van der Waals surface area contributed by atoms with Crippen LogP contribution in [0.4, 0.5) is 9.18 Å². The van der Waals surface area contributed by atoms with Crippen molar-refractivity contribution in [1.29, 1.82) is 0 Å². The molecule has 1 aliphatic rings. The van der Waals surface area contributed by atoms with Gasteiger partial charge in [-0.1, -0.05) is 60.7 Å². The molecule has 0 bridgehead atoms. The molecule has 0 saturated carbocycles. The summed E-state index contributed by atoms with van der Waals surface area (Å²) in [7, 11) is 1.49. The van der Waals surface area contributed by atoms with Crippen LogP contribution < -0.4 is 10.1 Å². The highest BCUT2D eigenvalue weighted by Crippen LogP contribution is 2.44. The van der Waals surface area contributed by atoms with Gasteiger partial charge in [-0.15, -0.1) is 0 Å². The van der Waals surface area contributed by atoms with Gasteiger partial charge in [0.05, 0.1) is 7.11 Å². The van der Waals surface area contributed by atoms with Gasteiger partial charge in [-0.3, -0.25) is 0 Å². The van der Waals surface area contributed by atoms with E-state index in [1.807, 2.05) is 24.3 Å². The Labute approximate surface area is 175 Å². The molecule has 3 aromatic carbocycles. The molecule has 4 rings (SSSR count). The van der Waals surface area contributed by atoms with Crippen LogP contribution in [0.25, 0.3) is 17.2 Å². The highest BCUT2D eigenvalue weighted by atomic mass is 19.1. The number of methoxy groups -OCH3 is 1. The summed E-state index contributed by atoms with van der Waals surface area (Å²) in [6.45, 7) is 0.499. The van der Waals surface area contributed by atoms with Gasteiger partial charge in [-0.25, -0.2) is 9.18 Å². The molecule has 3 aromatic rings. The van der Waals surface area contributed by atoms with Crippen LogP contribution in [0.5, 0.6) is 5.75 Å². The number of halogens is 1. The zero-order valence-electron chi connectivity index (χ0n) is 16.6. The van der Waals surface area contributed by atoms with E-state index in [0.717, 1.165) is 0 Å². The molecule has 0 unspecified atom stereocenters. The van der Waals surface area contributed by atoms with Crippen LogP contribution in [0.3, 0.4) is 0 Å². The lowest BCUT2D eigenvalue weighted by atomic mass is 9.98. The molecule has 4 nitrogen and oxygen atoms in total. The molecule has 1 N–H and O–H groups in total. The number of carbonyl (C=O) groups is 1. The molecule has 0 radical (unpaired) electrons. The quantitative estimate of drug-likeness (QED) is 0.601. The van der Waals surface area contributed by atoms with E-state index in [1.54, 1.807) is 24.3 Å². The fraction of sp³-hybridized carbons (Fsp3) is 0.160. The number of amides is 1. The second kappa shape index (κ2) is 8.82. The Hall–Kier alpha value is -3.60. The molecule has 152 valence electrons. The molecule has 0 aromatic heterocycles. The zero-order chi connectivity index (χ0) is 20.9. The number of fused-ring (bicyclic) bond motifs is 3. The van der Waals surface area contributed by atoms with Crippen molar-refractivity contribution in [3.05, 3.63) is 95.3 Å². The molecule has 30 heavy (non-hydrogen) atoms. The van der Waals surface area contributed by atoms with Crippen LogP contribution >= 0.6 is 0 Å². The first kappa shape index (κ1) is 19.7. The fourth-order valence-electron chi connectivity index (χ4n) is 3.75. The first-order chi connectivity index (χ1) is 14.7. The minimum Gasteiger partial charge on any atom is -0.497 e. The maximum Gasteiger partial charge on any atom is 0.407 e. The Morgan fingerprint density at radius 3 is 2.33 bits per heavy atom. The summed E-state index contributed by atoms with van der Waals surface area (Å²) in [5.74, 6) is 0.0974. The maximum atomic E-state index is 13.9. The first-order valence-corrected chi connectivity index (χ1v) is 9.76. The van der Waals surface area contributed by atoms with Crippen LogP contribution in [-0.4, -0.2) is 26.4 Å². The lowest BCUT2D eigenvalue weighted by Crippen LogP contribution is -2.26. The van der Waals surface area contributed by atoms with Gasteiger partial charge in [0.25, 0.3) is 0 Å². The monoisotopic (exact) mass is 403 g/mol. The van der Waals surface area contributed by atoms with Crippen molar-refractivity contribution in [3.63, 3.8) is 0 Å². The van der Waals surface area contributed by atoms with Gasteiger partial charge in [-0.05, 0) is 34.4 Å². The van der Waals surface area contributed by atoms with Crippen molar-refractivity contribution in [2.75, 3.05) is 20.3 Å². The maximum absolute atomic E-state index is 13.9. The van der Waals surface area contributed by atoms with Crippen molar-refractivity contribution >= 4 is 12.2 Å². The molecule has 5 heteroatoms. The number of alkyl carbamates (subject to hydrolysis) is 1. The molecule has 0 saturated heterocycles. The summed E-state index contributed by atoms with van der Waals surface area (Å²) < 4.78 is 24.4. The van der Waals surface area contributed by atoms with Crippen LogP contribution in [0.15, 0.2) is 72.8 Å². The van der Waals surface area contributed by atoms with Crippen LogP contribution in [0, 0.1) is 5.82 Å². The van der Waals surface area contributed by atoms with Gasteiger partial charge in [-0.2, -0.15) is 0 Å². The SMILES string of the molecule is COc1ccc(C=CCNC(=O)OCC2c3ccccc3-c3ccccc32)c(F)c1. The summed E-state index contributed by atoms with van der Waals surface area (Å²) in [4.78, 5) is 12.1. The van der Waals surface area contributed by atoms with E-state index in [9.17, 15) is 9.18 Å². The highest BCUT2D eigenvalue weighted by Gasteiger charge is 2.28. The lowest BCUT2D eigenvalue weighted by Gasteiger charge is -2.14. The van der Waals surface area contributed by atoms with Crippen molar-refractivity contribution in [2.24, 2.45) is 0 Å². The van der Waals surface area contributed by atoms with Gasteiger partial charge in [0.15, 0.2) is 0 Å². The number of hydrogen-bond acceptors (Lipinski definition) is 3. The van der Waals surface area contributed by atoms with E-state index in [1.165, 1.54) is 35.4 Å². The molecule has 1 amide bonds. The van der Waals surface area contributed by atoms with Crippen LogP contribution in [0.2, 0.25) is 0 Å². The first-order valence-electron chi connectivity index (χ1n) is 9.76. The molecule has 1 aliphatic carbocycles. The molecular weight excluding hydrogens is 381 g/mol. The number of rotatable bonds is 6. The van der Waals surface area contributed by atoms with Gasteiger partial charge >= 0.3 is 6.09 Å². The van der Waals surface area contributed by atoms with E-state index in [2.05, 4.69) is 29.6 Å². The Morgan fingerprint density at radius 2 is 1.70 bits per heavy atom. The van der Waals surface area contributed by atoms with Gasteiger partial charge < -0.3 is 14.8 Å². The third-order valence-corrected chi connectivity index (χ3v) is 5.21. The smallest absolute Gasteiger partial charge is 0.407 e. The number of carbonyl (C=O) groups excluding carboxylic acids is 1. The Kier molecular flexibility index (Phi) is 5.80. The van der Waals surface area contributed by atoms with Crippen molar-refractivity contribution in [1.82, 2.24) is 5.32 Å². The Bertz CT molecular complexity index is 1050. The van der Waals surface area contributed by atoms with Gasteiger partial charge in [0.2, 0.25) is 0 Å². The third kappa shape index (κ3) is 4.06. The van der Waals surface area contributed by atoms with E-state index in [0.29, 0.717) is 11.3 Å². The van der Waals surface area contributed by atoms with Crippen LogP contribution in [0.1, 0.15) is 22.6 Å². The van der Waals surface area contributed by atoms with Gasteiger partial charge in [0, 0.05) is 24.1 Å². The molecule has 0 spiro atoms. The molecule has 0 fully saturated rings. The van der Waals surface area contributed by atoms with Crippen LogP contribution in [-0.2, 0) is 4.74 Å². The van der Waals surface area contributed by atoms with E-state index in [4.69, 9.17) is 9.47 Å². The molecule has 0 aliphatic heterocycles. The second-order valence-corrected chi connectivity index (χ2v) is 7.00. The average Bonchev–Trinajstić information content (AvgIpc) is 3.10. The largest absolute Gasteiger partial charge is 0.497 e. The number of benzene rings is 3. The van der Waals surface area contributed by atoms with E-state index >= 15 is 0 Å². The predicted octanol–water partition coefficient (Wildman–Crippen LogP) is 5.39. The zero-order valence-corrected chi connectivity index (χ0v) is 16.6. The van der Waals surface area contributed by atoms with Crippen molar-refractivity contribution in [2.45, 2.75) is 5.92 Å². The number of ether oxygens (including phenoxy) is 2. The topological polar surface area (TPSA) is 47.6 Å². The second-order valence-electron chi connectivity index (χ2n) is 7.00. The summed E-state index contributed by atoms with van der Waals surface area (Å²) in [6, 6.07) is 21.0. The minimum atomic E-state index is -0.503. The highest BCUT2D eigenvalue weighted by molar-refractivity contribution is 5.79. The summed E-state index contributed by atoms with van der Waals surface area (Å²) in [5, 5.41) is 2.67. The Morgan fingerprint density at radius 1 is 1.03 bits per heavy atom. The predicted molar refractivity (Wildman–Crippen MR) is 115 cm³/mol. The summed E-state index contributed by atoms with van der Waals surface area (Å²) >= 11 is 0. The normalized spacial score (nSPS) is 12.5. The van der Waals surface area contributed by atoms with E-state index < -0.39 is 6.09 Å². The number of nitrogens with one attached hydrogen (secondary N) is 1. The molecule has 0 heterocycles. The molecule has 0 atom stereocenters. The Balaban J connectivity index is 1.32. The summed E-state index contributed by atoms with van der Waals surface area (Å²) in [5.41, 5.74) is 5.13. The van der Waals surface area contributed by atoms with E-state index in [-0.39, 0.29) is 24.9 Å². The van der Waals surface area contributed by atoms with Crippen molar-refractivity contribution in [3.8, 4) is 16.9 Å². The summed E-state index contributed by atoms with van der Waals surface area (Å²) in [6.07, 6.45) is 2.78. The standard InChI is InChI=1S/C25H22FNO3/c1-29-18-13-12-17(24(26)15-18)7-6-14-27-25(28)30-16-23-21-10-4-2-8-19(21)20-9-3-5-11-22(20)23/h2-13,15,23H,14,16H2,1H3,(H,27,28). The minimum absolute atomic E-state index is 0.0205. The average molecular weight is 403 g/mol. The third-order valence-electron chi connectivity index (χ3n) is 5.21. The molecular formula is C25H22FNO3. The number of hydrogen-bond donors (Lipinski definition) is 1. The lowest BCUT2D eigenvalue weighted by molar-refractivity contribution is 0.144.